The fourth-order valence-corrected chi connectivity index (χ4v) is 4.01. The number of aromatic amines is 1. The highest BCUT2D eigenvalue weighted by molar-refractivity contribution is 6.49. The van der Waals surface area contributed by atoms with E-state index < -0.39 is 0 Å². The van der Waals surface area contributed by atoms with Gasteiger partial charge in [-0.2, -0.15) is 0 Å². The van der Waals surface area contributed by atoms with Crippen LogP contribution in [0.2, 0.25) is 15.2 Å². The zero-order valence-electron chi connectivity index (χ0n) is 17.3. The third-order valence-corrected chi connectivity index (χ3v) is 6.08. The molecule has 2 aromatic rings. The average Bonchev–Trinajstić information content (AvgIpc) is 2.84. The van der Waals surface area contributed by atoms with Crippen LogP contribution in [0.3, 0.4) is 0 Å². The van der Waals surface area contributed by atoms with Crippen LogP contribution in [0.1, 0.15) is 80.7 Å². The van der Waals surface area contributed by atoms with E-state index in [0.717, 1.165) is 22.3 Å². The summed E-state index contributed by atoms with van der Waals surface area (Å²) in [5, 5.41) is 10.6. The number of hydrogen-bond donors (Lipinski definition) is 2. The Balaban J connectivity index is 2.40. The maximum atomic E-state index is 12.6. The zero-order valence-corrected chi connectivity index (χ0v) is 19.5. The number of nitrogens with one attached hydrogen (secondary N) is 1. The average molecular weight is 445 g/mol. The van der Waals surface area contributed by atoms with Crippen LogP contribution in [0.5, 0.6) is 0 Å². The zero-order chi connectivity index (χ0) is 21.4. The minimum atomic E-state index is -0.139. The number of aromatic nitrogens is 1. The number of ketones is 1. The molecule has 0 fully saturated rings. The van der Waals surface area contributed by atoms with Crippen molar-refractivity contribution < 1.29 is 9.90 Å². The minimum absolute atomic E-state index is 0.00645. The van der Waals surface area contributed by atoms with Crippen molar-refractivity contribution in [2.75, 3.05) is 0 Å². The molecule has 0 unspecified atom stereocenters. The molecule has 2 N–H and O–H groups in total. The van der Waals surface area contributed by atoms with E-state index in [0.29, 0.717) is 6.42 Å². The van der Waals surface area contributed by atoms with E-state index in [2.05, 4.69) is 58.7 Å². The summed E-state index contributed by atoms with van der Waals surface area (Å²) in [6, 6.07) is 4.20. The number of benzene rings is 1. The van der Waals surface area contributed by atoms with Crippen LogP contribution in [0.25, 0.3) is 0 Å². The summed E-state index contributed by atoms with van der Waals surface area (Å²) in [6.45, 7) is 12.8. The number of hydrogen-bond acceptors (Lipinski definition) is 2. The standard InChI is InChI=1S/C22H28Cl3NO2/c1-21(2,3)14-9-12(10-15(13(14)11-27)22(4,5)6)7-8-16(28)19-17(23)18(24)20(25)26-19/h9-10,26-27H,7-8,11H2,1-6H3. The summed E-state index contributed by atoms with van der Waals surface area (Å²) in [5.41, 5.74) is 4.24. The van der Waals surface area contributed by atoms with Crippen LogP contribution in [0, 0.1) is 0 Å². The highest BCUT2D eigenvalue weighted by Gasteiger charge is 2.26. The molecule has 0 aliphatic rings. The molecule has 0 bridgehead atoms. The van der Waals surface area contributed by atoms with Crippen molar-refractivity contribution in [3.8, 4) is 0 Å². The second kappa shape index (κ2) is 8.39. The van der Waals surface area contributed by atoms with Gasteiger partial charge in [-0.25, -0.2) is 0 Å². The Labute approximate surface area is 182 Å². The van der Waals surface area contributed by atoms with E-state index in [-0.39, 0.29) is 50.5 Å². The number of carbonyl (C=O) groups excluding carboxylic acids is 1. The molecule has 0 saturated heterocycles. The Bertz CT molecular complexity index is 851. The van der Waals surface area contributed by atoms with Crippen molar-refractivity contribution in [1.29, 1.82) is 0 Å². The first-order chi connectivity index (χ1) is 12.8. The Morgan fingerprint density at radius 1 is 0.964 bits per heavy atom. The van der Waals surface area contributed by atoms with Crippen molar-refractivity contribution in [3.05, 3.63) is 55.3 Å². The van der Waals surface area contributed by atoms with Crippen molar-refractivity contribution in [2.24, 2.45) is 0 Å². The summed E-state index contributed by atoms with van der Waals surface area (Å²) in [5.74, 6) is -0.139. The van der Waals surface area contributed by atoms with Gasteiger partial charge in [0.05, 0.1) is 16.7 Å². The molecule has 1 heterocycles. The van der Waals surface area contributed by atoms with E-state index in [1.807, 2.05) is 0 Å². The van der Waals surface area contributed by atoms with Crippen LogP contribution >= 0.6 is 34.8 Å². The molecule has 0 amide bonds. The fourth-order valence-electron chi connectivity index (χ4n) is 3.39. The second-order valence-corrected chi connectivity index (χ2v) is 10.3. The van der Waals surface area contributed by atoms with E-state index >= 15 is 0 Å². The van der Waals surface area contributed by atoms with Crippen LogP contribution in [0.4, 0.5) is 0 Å². The van der Waals surface area contributed by atoms with Gasteiger partial charge in [0.25, 0.3) is 0 Å². The number of carbonyl (C=O) groups is 1. The Hall–Kier alpha value is -1.00. The SMILES string of the molecule is CC(C)(C)c1cc(CCC(=O)c2[nH]c(Cl)c(Cl)c2Cl)cc(C(C)(C)C)c1CO. The molecule has 1 aromatic carbocycles. The van der Waals surface area contributed by atoms with Crippen LogP contribution in [-0.4, -0.2) is 15.9 Å². The number of aliphatic hydroxyl groups is 1. The predicted molar refractivity (Wildman–Crippen MR) is 118 cm³/mol. The maximum Gasteiger partial charge on any atom is 0.180 e. The topological polar surface area (TPSA) is 53.1 Å². The van der Waals surface area contributed by atoms with Crippen molar-refractivity contribution >= 4 is 40.6 Å². The molecule has 28 heavy (non-hydrogen) atoms. The second-order valence-electron chi connectivity index (χ2n) is 9.19. The van der Waals surface area contributed by atoms with Gasteiger partial charge >= 0.3 is 0 Å². The molecule has 0 aliphatic carbocycles. The van der Waals surface area contributed by atoms with Gasteiger partial charge in [0, 0.05) is 6.42 Å². The summed E-state index contributed by atoms with van der Waals surface area (Å²) < 4.78 is 0. The lowest BCUT2D eigenvalue weighted by Gasteiger charge is -2.30. The van der Waals surface area contributed by atoms with Gasteiger partial charge in [0.15, 0.2) is 5.78 Å². The smallest absolute Gasteiger partial charge is 0.180 e. The van der Waals surface area contributed by atoms with Crippen LogP contribution < -0.4 is 0 Å². The van der Waals surface area contributed by atoms with Gasteiger partial charge in [-0.3, -0.25) is 4.79 Å². The lowest BCUT2D eigenvalue weighted by atomic mass is 9.75. The fraction of sp³-hybridized carbons (Fsp3) is 0.500. The highest BCUT2D eigenvalue weighted by Crippen LogP contribution is 2.36. The van der Waals surface area contributed by atoms with Gasteiger partial charge in [-0.05, 0) is 39.5 Å². The molecule has 154 valence electrons. The normalized spacial score (nSPS) is 12.5. The molecule has 2 rings (SSSR count). The number of aliphatic hydroxyl groups excluding tert-OH is 1. The molecule has 3 nitrogen and oxygen atoms in total. The van der Waals surface area contributed by atoms with Gasteiger partial charge in [0.1, 0.15) is 10.8 Å². The molecular formula is C22H28Cl3NO2. The molecule has 6 heteroatoms. The summed E-state index contributed by atoms with van der Waals surface area (Å²) in [7, 11) is 0. The minimum Gasteiger partial charge on any atom is -0.392 e. The number of Topliss-reactive ketones (excluding diaryl/α,β-unsaturated/α-hetero) is 1. The Morgan fingerprint density at radius 3 is 1.82 bits per heavy atom. The third-order valence-electron chi connectivity index (χ3n) is 4.84. The third kappa shape index (κ3) is 4.94. The first kappa shape index (κ1) is 23.3. The van der Waals surface area contributed by atoms with E-state index in [9.17, 15) is 9.90 Å². The number of halogens is 3. The molecule has 0 saturated carbocycles. The van der Waals surface area contributed by atoms with Crippen LogP contribution in [0.15, 0.2) is 12.1 Å². The first-order valence-corrected chi connectivity index (χ1v) is 10.4. The number of H-pyrrole nitrogens is 1. The maximum absolute atomic E-state index is 12.6. The molecular weight excluding hydrogens is 417 g/mol. The first-order valence-electron chi connectivity index (χ1n) is 9.30. The van der Waals surface area contributed by atoms with E-state index in [1.165, 1.54) is 0 Å². The monoisotopic (exact) mass is 443 g/mol. The predicted octanol–water partition coefficient (Wildman–Crippen LogP) is 6.88. The van der Waals surface area contributed by atoms with E-state index in [4.69, 9.17) is 34.8 Å². The number of aryl methyl sites for hydroxylation is 1. The van der Waals surface area contributed by atoms with Gasteiger partial charge in [-0.15, -0.1) is 0 Å². The number of rotatable bonds is 5. The van der Waals surface area contributed by atoms with Gasteiger partial charge < -0.3 is 10.1 Å². The molecule has 0 spiro atoms. The lowest BCUT2D eigenvalue weighted by molar-refractivity contribution is 0.0978. The largest absolute Gasteiger partial charge is 0.392 e. The van der Waals surface area contributed by atoms with E-state index in [1.54, 1.807) is 0 Å². The molecule has 0 atom stereocenters. The quantitative estimate of drug-likeness (QED) is 0.494. The van der Waals surface area contributed by atoms with Crippen molar-refractivity contribution in [1.82, 2.24) is 4.98 Å². The molecule has 1 aromatic heterocycles. The summed E-state index contributed by atoms with van der Waals surface area (Å²) >= 11 is 18.0. The van der Waals surface area contributed by atoms with Crippen LogP contribution in [-0.2, 0) is 23.9 Å². The van der Waals surface area contributed by atoms with Crippen molar-refractivity contribution in [3.63, 3.8) is 0 Å². The molecule has 0 aliphatic heterocycles. The van der Waals surface area contributed by atoms with Gasteiger partial charge in [-0.1, -0.05) is 88.5 Å². The van der Waals surface area contributed by atoms with Gasteiger partial charge in [0.2, 0.25) is 0 Å². The lowest BCUT2D eigenvalue weighted by Crippen LogP contribution is -2.22. The Kier molecular flexibility index (Phi) is 6.98. The summed E-state index contributed by atoms with van der Waals surface area (Å²) in [4.78, 5) is 15.4. The Morgan fingerprint density at radius 2 is 1.46 bits per heavy atom. The highest BCUT2D eigenvalue weighted by atomic mass is 35.5. The summed E-state index contributed by atoms with van der Waals surface area (Å²) in [6.07, 6.45) is 0.833. The van der Waals surface area contributed by atoms with Crippen molar-refractivity contribution in [2.45, 2.75) is 71.8 Å². The molecule has 0 radical (unpaired) electrons.